The van der Waals surface area contributed by atoms with Crippen molar-refractivity contribution in [2.45, 2.75) is 12.5 Å². The molecule has 0 unspecified atom stereocenters. The summed E-state index contributed by atoms with van der Waals surface area (Å²) in [4.78, 5) is 12.9. The van der Waals surface area contributed by atoms with Crippen molar-refractivity contribution in [3.63, 3.8) is 0 Å². The quantitative estimate of drug-likeness (QED) is 0.341. The van der Waals surface area contributed by atoms with Gasteiger partial charge in [-0.05, 0) is 19.1 Å². The zero-order valence-electron chi connectivity index (χ0n) is 18.6. The Balaban J connectivity index is 1.81. The van der Waals surface area contributed by atoms with E-state index in [-0.39, 0.29) is 6.61 Å². The first-order chi connectivity index (χ1) is 16.2. The maximum absolute atomic E-state index is 12.9. The normalized spacial score (nSPS) is 13.8. The lowest BCUT2D eigenvalue weighted by Crippen LogP contribution is -2.34. The minimum absolute atomic E-state index is 0.283. The largest absolute Gasteiger partial charge is 0.495 e. The van der Waals surface area contributed by atoms with E-state index in [0.717, 1.165) is 27.5 Å². The minimum atomic E-state index is -0.825. The third kappa shape index (κ3) is 3.35. The summed E-state index contributed by atoms with van der Waals surface area (Å²) < 4.78 is 18.1. The first-order valence-corrected chi connectivity index (χ1v) is 11.0. The van der Waals surface area contributed by atoms with Crippen LogP contribution in [0.1, 0.15) is 34.0 Å². The highest BCUT2D eigenvalue weighted by atomic mass is 16.5. The van der Waals surface area contributed by atoms with Crippen LogP contribution in [-0.4, -0.2) is 19.7 Å². The molecule has 4 aromatic carbocycles. The number of rotatable bonds is 5. The fourth-order valence-electron chi connectivity index (χ4n) is 4.53. The predicted octanol–water partition coefficient (Wildman–Crippen LogP) is 6.37. The Kier molecular flexibility index (Phi) is 5.35. The Labute approximate surface area is 193 Å². The monoisotopic (exact) mass is 436 g/mol. The number of ether oxygens (including phenoxy) is 3. The van der Waals surface area contributed by atoms with E-state index in [4.69, 9.17) is 14.2 Å². The summed E-state index contributed by atoms with van der Waals surface area (Å²) >= 11 is 0. The second-order valence-corrected chi connectivity index (χ2v) is 7.82. The summed E-state index contributed by atoms with van der Waals surface area (Å²) in [5, 5.41) is 1.56. The van der Waals surface area contributed by atoms with Crippen LogP contribution in [0.5, 0.6) is 11.5 Å². The van der Waals surface area contributed by atoms with Crippen LogP contribution in [0.4, 0.5) is 0 Å². The molecule has 0 saturated carbocycles. The van der Waals surface area contributed by atoms with Crippen LogP contribution in [0, 0.1) is 0 Å². The molecule has 5 rings (SSSR count). The predicted molar refractivity (Wildman–Crippen MR) is 130 cm³/mol. The van der Waals surface area contributed by atoms with Crippen molar-refractivity contribution in [1.29, 1.82) is 0 Å². The molecule has 0 aromatic heterocycles. The van der Waals surface area contributed by atoms with Gasteiger partial charge in [-0.2, -0.15) is 0 Å². The number of fused-ring (bicyclic) bond motifs is 3. The van der Waals surface area contributed by atoms with Crippen LogP contribution >= 0.6 is 0 Å². The van der Waals surface area contributed by atoms with Gasteiger partial charge in [0.25, 0.3) is 0 Å². The van der Waals surface area contributed by atoms with Gasteiger partial charge in [-0.15, -0.1) is 0 Å². The van der Waals surface area contributed by atoms with Crippen molar-refractivity contribution in [2.24, 2.45) is 0 Å². The van der Waals surface area contributed by atoms with Crippen molar-refractivity contribution in [3.8, 4) is 11.5 Å². The third-order valence-electron chi connectivity index (χ3n) is 5.99. The van der Waals surface area contributed by atoms with Gasteiger partial charge >= 0.3 is 5.97 Å². The number of carbonyl (C=O) groups is 1. The molecule has 0 atom stereocenters. The van der Waals surface area contributed by atoms with E-state index in [2.05, 4.69) is 24.3 Å². The number of benzene rings is 4. The topological polar surface area (TPSA) is 44.8 Å². The van der Waals surface area contributed by atoms with E-state index in [1.165, 1.54) is 0 Å². The number of hydrogen-bond acceptors (Lipinski definition) is 4. The molecule has 0 bridgehead atoms. The molecule has 0 fully saturated rings. The second kappa shape index (κ2) is 8.47. The molecule has 0 saturated heterocycles. The fraction of sp³-hybridized carbons (Fsp3) is 0.138. The van der Waals surface area contributed by atoms with Crippen molar-refractivity contribution in [3.05, 3.63) is 113 Å². The molecule has 33 heavy (non-hydrogen) atoms. The molecule has 1 heterocycles. The van der Waals surface area contributed by atoms with Gasteiger partial charge in [0, 0.05) is 21.9 Å². The lowest BCUT2D eigenvalue weighted by Gasteiger charge is -2.37. The first kappa shape index (κ1) is 20.8. The summed E-state index contributed by atoms with van der Waals surface area (Å²) in [5.74, 6) is 0.712. The summed E-state index contributed by atoms with van der Waals surface area (Å²) in [5.41, 5.74) is 2.33. The molecule has 0 aliphatic carbocycles. The molecule has 4 heteroatoms. The zero-order valence-corrected chi connectivity index (χ0v) is 18.6. The van der Waals surface area contributed by atoms with Crippen LogP contribution in [0.3, 0.4) is 0 Å². The maximum atomic E-state index is 12.9. The molecule has 1 aliphatic heterocycles. The molecule has 0 amide bonds. The highest BCUT2D eigenvalue weighted by Crippen LogP contribution is 2.49. The number of carbonyl (C=O) groups excluding carboxylic acids is 1. The minimum Gasteiger partial charge on any atom is -0.495 e. The van der Waals surface area contributed by atoms with Gasteiger partial charge in [-0.3, -0.25) is 0 Å². The molecule has 164 valence electrons. The van der Waals surface area contributed by atoms with Gasteiger partial charge < -0.3 is 14.2 Å². The van der Waals surface area contributed by atoms with Crippen molar-refractivity contribution < 1.29 is 19.0 Å². The lowest BCUT2D eigenvalue weighted by molar-refractivity contribution is 0.0525. The summed E-state index contributed by atoms with van der Waals surface area (Å²) in [7, 11) is 1.57. The molecular weight excluding hydrogens is 412 g/mol. The molecule has 4 nitrogen and oxygen atoms in total. The van der Waals surface area contributed by atoms with Crippen LogP contribution < -0.4 is 9.47 Å². The van der Waals surface area contributed by atoms with E-state index in [1.54, 1.807) is 14.0 Å². The van der Waals surface area contributed by atoms with Crippen molar-refractivity contribution in [2.75, 3.05) is 13.7 Å². The average Bonchev–Trinajstić information content (AvgIpc) is 2.88. The summed E-state index contributed by atoms with van der Waals surface area (Å²) in [6.07, 6.45) is 4.03. The third-order valence-corrected chi connectivity index (χ3v) is 5.99. The Morgan fingerprint density at radius 1 is 0.848 bits per heavy atom. The highest BCUT2D eigenvalue weighted by molar-refractivity contribution is 6.11. The van der Waals surface area contributed by atoms with Crippen molar-refractivity contribution in [1.82, 2.24) is 0 Å². The van der Waals surface area contributed by atoms with E-state index >= 15 is 0 Å². The highest BCUT2D eigenvalue weighted by Gasteiger charge is 2.39. The first-order valence-electron chi connectivity index (χ1n) is 11.0. The van der Waals surface area contributed by atoms with Crippen LogP contribution in [0.15, 0.2) is 91.0 Å². The Morgan fingerprint density at radius 3 is 2.00 bits per heavy atom. The Morgan fingerprint density at radius 2 is 1.42 bits per heavy atom. The van der Waals surface area contributed by atoms with E-state index < -0.39 is 11.6 Å². The molecule has 0 spiro atoms. The fourth-order valence-corrected chi connectivity index (χ4v) is 4.53. The Bertz CT molecular complexity index is 1300. The standard InChI is InChI=1S/C29H24O4/c1-3-32-28(30)25-22-16-10-11-17-23(22)26-24(27(25)31-2)18-19-29(33-26,20-12-6-4-7-13-20)21-14-8-5-9-15-21/h4-19H,3H2,1-2H3. The van der Waals surface area contributed by atoms with E-state index in [1.807, 2.05) is 72.8 Å². The van der Waals surface area contributed by atoms with E-state index in [9.17, 15) is 4.79 Å². The van der Waals surface area contributed by atoms with Crippen LogP contribution in [-0.2, 0) is 10.3 Å². The second-order valence-electron chi connectivity index (χ2n) is 7.82. The molecular formula is C29H24O4. The van der Waals surface area contributed by atoms with Gasteiger partial charge in [0.15, 0.2) is 5.60 Å². The Hall–Kier alpha value is -4.05. The summed E-state index contributed by atoms with van der Waals surface area (Å²) in [6, 6.07) is 28.0. The molecule has 0 N–H and O–H groups in total. The molecule has 1 aliphatic rings. The average molecular weight is 437 g/mol. The van der Waals surface area contributed by atoms with Gasteiger partial charge in [-0.25, -0.2) is 4.79 Å². The van der Waals surface area contributed by atoms with Crippen LogP contribution in [0.25, 0.3) is 16.8 Å². The van der Waals surface area contributed by atoms with Gasteiger partial charge in [0.05, 0.1) is 19.3 Å². The molecule has 0 radical (unpaired) electrons. The zero-order chi connectivity index (χ0) is 22.8. The SMILES string of the molecule is CCOC(=O)c1c(OC)c2c(c3ccccc13)OC(c1ccccc1)(c1ccccc1)C=C2. The lowest BCUT2D eigenvalue weighted by atomic mass is 9.83. The van der Waals surface area contributed by atoms with E-state index in [0.29, 0.717) is 17.1 Å². The number of esters is 1. The number of hydrogen-bond donors (Lipinski definition) is 0. The van der Waals surface area contributed by atoms with Crippen LogP contribution in [0.2, 0.25) is 0 Å². The summed E-state index contributed by atoms with van der Waals surface area (Å²) in [6.45, 7) is 2.08. The number of methoxy groups -OCH3 is 1. The van der Waals surface area contributed by atoms with Gasteiger partial charge in [0.2, 0.25) is 0 Å². The van der Waals surface area contributed by atoms with Gasteiger partial charge in [-0.1, -0.05) is 84.9 Å². The smallest absolute Gasteiger partial charge is 0.342 e. The molecule has 4 aromatic rings. The van der Waals surface area contributed by atoms with Gasteiger partial charge in [0.1, 0.15) is 17.1 Å². The maximum Gasteiger partial charge on any atom is 0.342 e. The van der Waals surface area contributed by atoms with Crippen molar-refractivity contribution >= 4 is 22.8 Å².